The van der Waals surface area contributed by atoms with Crippen molar-refractivity contribution in [3.63, 3.8) is 0 Å². The van der Waals surface area contributed by atoms with Crippen LogP contribution in [0.2, 0.25) is 0 Å². The van der Waals surface area contributed by atoms with E-state index in [1.807, 2.05) is 16.8 Å². The minimum atomic E-state index is 0. The first-order valence-corrected chi connectivity index (χ1v) is 7.71. The van der Waals surface area contributed by atoms with E-state index in [9.17, 15) is 9.59 Å². The van der Waals surface area contributed by atoms with Gasteiger partial charge in [-0.15, -0.1) is 24.8 Å². The van der Waals surface area contributed by atoms with Crippen molar-refractivity contribution >= 4 is 36.6 Å². The second-order valence-corrected chi connectivity index (χ2v) is 5.50. The maximum absolute atomic E-state index is 12.2. The summed E-state index contributed by atoms with van der Waals surface area (Å²) < 4.78 is 5.28. The van der Waals surface area contributed by atoms with Crippen molar-refractivity contribution in [2.75, 3.05) is 72.6 Å². The molecule has 0 spiro atoms. The first-order chi connectivity index (χ1) is 10.2. The minimum absolute atomic E-state index is 0. The van der Waals surface area contributed by atoms with Crippen molar-refractivity contribution in [3.8, 4) is 0 Å². The zero-order valence-corrected chi connectivity index (χ0v) is 15.3. The van der Waals surface area contributed by atoms with E-state index in [2.05, 4.69) is 10.2 Å². The van der Waals surface area contributed by atoms with Gasteiger partial charge in [0.2, 0.25) is 11.8 Å². The topological polar surface area (TPSA) is 65.1 Å². The Morgan fingerprint density at radius 3 is 1.96 bits per heavy atom. The van der Waals surface area contributed by atoms with Crippen LogP contribution < -0.4 is 5.32 Å². The number of halogens is 2. The molecule has 9 heteroatoms. The third-order valence-electron chi connectivity index (χ3n) is 4.04. The maximum atomic E-state index is 12.2. The molecule has 2 fully saturated rings. The largest absolute Gasteiger partial charge is 0.379 e. The monoisotopic (exact) mass is 370 g/mol. The average molecular weight is 371 g/mol. The van der Waals surface area contributed by atoms with Crippen LogP contribution in [-0.4, -0.2) is 99.1 Å². The standard InChI is InChI=1S/C14H26N4O3.2ClH/c1-15-3-2-13(19)17-4-6-18(7-5-17)14(20)12-16-8-10-21-11-9-16;;/h15H,2-12H2,1H3;2*1H. The van der Waals surface area contributed by atoms with Gasteiger partial charge in [0, 0.05) is 52.2 Å². The predicted octanol–water partition coefficient (Wildman–Crippen LogP) is -0.557. The van der Waals surface area contributed by atoms with Gasteiger partial charge in [0.1, 0.15) is 0 Å². The molecule has 0 radical (unpaired) electrons. The molecule has 0 aromatic carbocycles. The molecule has 7 nitrogen and oxygen atoms in total. The molecule has 136 valence electrons. The Bertz CT molecular complexity index is 360. The fourth-order valence-electron chi connectivity index (χ4n) is 2.65. The van der Waals surface area contributed by atoms with Crippen LogP contribution in [0.1, 0.15) is 6.42 Å². The Morgan fingerprint density at radius 2 is 1.43 bits per heavy atom. The molecule has 0 atom stereocenters. The second kappa shape index (κ2) is 11.9. The van der Waals surface area contributed by atoms with Crippen molar-refractivity contribution in [1.82, 2.24) is 20.0 Å². The fraction of sp³-hybridized carbons (Fsp3) is 0.857. The van der Waals surface area contributed by atoms with Gasteiger partial charge in [0.15, 0.2) is 0 Å². The molecule has 0 unspecified atom stereocenters. The molecule has 0 aliphatic carbocycles. The summed E-state index contributed by atoms with van der Waals surface area (Å²) in [5.74, 6) is 0.337. The normalized spacial score (nSPS) is 18.8. The van der Waals surface area contributed by atoms with Crippen LogP contribution in [0.3, 0.4) is 0 Å². The van der Waals surface area contributed by atoms with E-state index in [4.69, 9.17) is 4.74 Å². The van der Waals surface area contributed by atoms with Gasteiger partial charge in [-0.05, 0) is 7.05 Å². The zero-order valence-electron chi connectivity index (χ0n) is 13.7. The quantitative estimate of drug-likeness (QED) is 0.702. The highest BCUT2D eigenvalue weighted by atomic mass is 35.5. The molecule has 2 saturated heterocycles. The lowest BCUT2D eigenvalue weighted by Gasteiger charge is -2.36. The van der Waals surface area contributed by atoms with Crippen LogP contribution in [-0.2, 0) is 14.3 Å². The van der Waals surface area contributed by atoms with Gasteiger partial charge < -0.3 is 19.9 Å². The van der Waals surface area contributed by atoms with Crippen molar-refractivity contribution in [1.29, 1.82) is 0 Å². The molecule has 0 aromatic rings. The molecular weight excluding hydrogens is 343 g/mol. The Morgan fingerprint density at radius 1 is 0.913 bits per heavy atom. The Kier molecular flexibility index (Phi) is 11.6. The molecule has 23 heavy (non-hydrogen) atoms. The number of ether oxygens (including phenoxy) is 1. The summed E-state index contributed by atoms with van der Waals surface area (Å²) in [6.45, 7) is 6.84. The smallest absolute Gasteiger partial charge is 0.236 e. The number of carbonyl (C=O) groups is 2. The lowest BCUT2D eigenvalue weighted by Crippen LogP contribution is -2.53. The van der Waals surface area contributed by atoms with Crippen LogP contribution in [0.25, 0.3) is 0 Å². The van der Waals surface area contributed by atoms with E-state index in [1.165, 1.54) is 0 Å². The first-order valence-electron chi connectivity index (χ1n) is 7.71. The molecule has 2 aliphatic heterocycles. The van der Waals surface area contributed by atoms with Crippen LogP contribution in [0.15, 0.2) is 0 Å². The van der Waals surface area contributed by atoms with E-state index in [0.717, 1.165) is 13.1 Å². The van der Waals surface area contributed by atoms with Gasteiger partial charge in [0.05, 0.1) is 19.8 Å². The number of piperazine rings is 1. The number of nitrogens with one attached hydrogen (secondary N) is 1. The summed E-state index contributed by atoms with van der Waals surface area (Å²) in [7, 11) is 1.84. The molecule has 0 bridgehead atoms. The molecule has 2 amide bonds. The molecule has 2 aliphatic rings. The van der Waals surface area contributed by atoms with E-state index in [0.29, 0.717) is 58.9 Å². The summed E-state index contributed by atoms with van der Waals surface area (Å²) in [6, 6.07) is 0. The lowest BCUT2D eigenvalue weighted by molar-refractivity contribution is -0.140. The SMILES string of the molecule is CNCCC(=O)N1CCN(C(=O)CN2CCOCC2)CC1.Cl.Cl. The third kappa shape index (κ3) is 7.22. The highest BCUT2D eigenvalue weighted by molar-refractivity contribution is 5.85. The van der Waals surface area contributed by atoms with Crippen LogP contribution in [0.5, 0.6) is 0 Å². The number of morpholine rings is 1. The highest BCUT2D eigenvalue weighted by Crippen LogP contribution is 2.06. The third-order valence-corrected chi connectivity index (χ3v) is 4.04. The van der Waals surface area contributed by atoms with E-state index in [-0.39, 0.29) is 36.6 Å². The first kappa shape index (κ1) is 22.4. The highest BCUT2D eigenvalue weighted by Gasteiger charge is 2.25. The van der Waals surface area contributed by atoms with E-state index < -0.39 is 0 Å². The summed E-state index contributed by atoms with van der Waals surface area (Å²) in [5.41, 5.74) is 0. The lowest BCUT2D eigenvalue weighted by atomic mass is 10.2. The van der Waals surface area contributed by atoms with E-state index >= 15 is 0 Å². The summed E-state index contributed by atoms with van der Waals surface area (Å²) in [6.07, 6.45) is 0.526. The summed E-state index contributed by atoms with van der Waals surface area (Å²) in [4.78, 5) is 30.0. The van der Waals surface area contributed by atoms with Crippen LogP contribution in [0, 0.1) is 0 Å². The Balaban J connectivity index is 0.00000242. The number of rotatable bonds is 5. The van der Waals surface area contributed by atoms with Crippen molar-refractivity contribution < 1.29 is 14.3 Å². The van der Waals surface area contributed by atoms with Gasteiger partial charge in [-0.3, -0.25) is 14.5 Å². The maximum Gasteiger partial charge on any atom is 0.236 e. The van der Waals surface area contributed by atoms with Crippen molar-refractivity contribution in [2.24, 2.45) is 0 Å². The summed E-state index contributed by atoms with van der Waals surface area (Å²) >= 11 is 0. The average Bonchev–Trinajstić information content (AvgIpc) is 2.53. The van der Waals surface area contributed by atoms with E-state index in [1.54, 1.807) is 0 Å². The van der Waals surface area contributed by atoms with Crippen LogP contribution in [0.4, 0.5) is 0 Å². The molecule has 2 rings (SSSR count). The molecule has 2 heterocycles. The zero-order chi connectivity index (χ0) is 15.1. The Labute approximate surface area is 150 Å². The van der Waals surface area contributed by atoms with Crippen LogP contribution >= 0.6 is 24.8 Å². The summed E-state index contributed by atoms with van der Waals surface area (Å²) in [5, 5.41) is 2.98. The fourth-order valence-corrected chi connectivity index (χ4v) is 2.65. The van der Waals surface area contributed by atoms with Gasteiger partial charge in [-0.2, -0.15) is 0 Å². The molecule has 0 saturated carbocycles. The second-order valence-electron chi connectivity index (χ2n) is 5.50. The number of hydrogen-bond donors (Lipinski definition) is 1. The van der Waals surface area contributed by atoms with Crippen molar-refractivity contribution in [2.45, 2.75) is 6.42 Å². The molecular formula is C14H28Cl2N4O3. The predicted molar refractivity (Wildman–Crippen MR) is 93.5 cm³/mol. The minimum Gasteiger partial charge on any atom is -0.379 e. The van der Waals surface area contributed by atoms with Gasteiger partial charge in [-0.25, -0.2) is 0 Å². The number of hydrogen-bond acceptors (Lipinski definition) is 5. The molecule has 0 aromatic heterocycles. The molecule has 1 N–H and O–H groups in total. The number of nitrogens with zero attached hydrogens (tertiary/aromatic N) is 3. The van der Waals surface area contributed by atoms with Gasteiger partial charge >= 0.3 is 0 Å². The number of amides is 2. The Hall–Kier alpha value is -0.600. The van der Waals surface area contributed by atoms with Gasteiger partial charge in [0.25, 0.3) is 0 Å². The van der Waals surface area contributed by atoms with Gasteiger partial charge in [-0.1, -0.05) is 0 Å². The van der Waals surface area contributed by atoms with Crippen molar-refractivity contribution in [3.05, 3.63) is 0 Å². The number of carbonyl (C=O) groups excluding carboxylic acids is 2.